The maximum Gasteiger partial charge on any atom is 0.409 e. The minimum atomic E-state index is -0.204. The molecule has 0 aromatic heterocycles. The molecule has 4 rings (SSSR count). The summed E-state index contributed by atoms with van der Waals surface area (Å²) >= 11 is 0. The van der Waals surface area contributed by atoms with E-state index in [2.05, 4.69) is 23.1 Å². The van der Waals surface area contributed by atoms with Crippen molar-refractivity contribution < 1.29 is 14.3 Å². The fourth-order valence-corrected chi connectivity index (χ4v) is 5.44. The quantitative estimate of drug-likeness (QED) is 0.746. The number of carbonyl (C=O) groups is 2. The van der Waals surface area contributed by atoms with Crippen LogP contribution in [-0.2, 0) is 14.9 Å². The van der Waals surface area contributed by atoms with Crippen molar-refractivity contribution in [3.8, 4) is 0 Å². The number of amides is 2. The summed E-state index contributed by atoms with van der Waals surface area (Å²) in [4.78, 5) is 30.2. The molecule has 0 N–H and O–H groups in total. The highest BCUT2D eigenvalue weighted by Gasteiger charge is 2.43. The molecule has 6 nitrogen and oxygen atoms in total. The Balaban J connectivity index is 1.42. The number of para-hydroxylation sites is 1. The van der Waals surface area contributed by atoms with E-state index in [1.807, 2.05) is 15.9 Å². The van der Waals surface area contributed by atoms with Crippen molar-refractivity contribution in [2.24, 2.45) is 0 Å². The van der Waals surface area contributed by atoms with E-state index in [1.54, 1.807) is 6.92 Å². The van der Waals surface area contributed by atoms with E-state index < -0.39 is 0 Å². The number of anilines is 1. The van der Waals surface area contributed by atoms with E-state index in [0.717, 1.165) is 70.5 Å². The molecule has 6 heteroatoms. The summed E-state index contributed by atoms with van der Waals surface area (Å²) in [5.74, 6) is 0.136. The molecule has 0 radical (unpaired) electrons. The number of benzene rings is 1. The van der Waals surface area contributed by atoms with Crippen LogP contribution in [0.25, 0.3) is 0 Å². The van der Waals surface area contributed by atoms with Gasteiger partial charge in [0.05, 0.1) is 7.11 Å². The maximum atomic E-state index is 12.1. The highest BCUT2D eigenvalue weighted by molar-refractivity contribution is 5.93. The molecule has 3 aliphatic rings. The smallest absolute Gasteiger partial charge is 0.409 e. The highest BCUT2D eigenvalue weighted by atomic mass is 16.5. The normalized spacial score (nSPS) is 22.8. The standard InChI is InChI=1S/C22H31N3O3/c1-17(26)25-16-11-22(19-5-3-4-6-20(19)25)9-14-23(15-10-22)18-7-12-24(13-8-18)21(27)28-2/h3-6,18H,7-16H2,1-2H3. The molecule has 152 valence electrons. The van der Waals surface area contributed by atoms with Gasteiger partial charge in [-0.15, -0.1) is 0 Å². The van der Waals surface area contributed by atoms with Gasteiger partial charge in [0.15, 0.2) is 0 Å². The Kier molecular flexibility index (Phi) is 5.32. The molecule has 0 aliphatic carbocycles. The van der Waals surface area contributed by atoms with Gasteiger partial charge in [0.25, 0.3) is 0 Å². The molecule has 0 saturated carbocycles. The van der Waals surface area contributed by atoms with Crippen LogP contribution in [0.15, 0.2) is 24.3 Å². The molecule has 0 unspecified atom stereocenters. The number of rotatable bonds is 1. The molecule has 3 aliphatic heterocycles. The summed E-state index contributed by atoms with van der Waals surface area (Å²) in [6.45, 7) is 6.25. The Hall–Kier alpha value is -2.08. The monoisotopic (exact) mass is 385 g/mol. The number of methoxy groups -OCH3 is 1. The fraction of sp³-hybridized carbons (Fsp3) is 0.636. The third kappa shape index (κ3) is 3.39. The fourth-order valence-electron chi connectivity index (χ4n) is 5.44. The molecule has 0 bridgehead atoms. The van der Waals surface area contributed by atoms with Gasteiger partial charge in [-0.25, -0.2) is 4.79 Å². The number of hydrogen-bond acceptors (Lipinski definition) is 4. The van der Waals surface area contributed by atoms with Gasteiger partial charge in [-0.2, -0.15) is 0 Å². The molecule has 2 amide bonds. The van der Waals surface area contributed by atoms with Gasteiger partial charge in [-0.3, -0.25) is 4.79 Å². The minimum Gasteiger partial charge on any atom is -0.453 e. The lowest BCUT2D eigenvalue weighted by atomic mass is 9.67. The topological polar surface area (TPSA) is 53.1 Å². The summed E-state index contributed by atoms with van der Waals surface area (Å²) in [6.07, 6.45) is 5.19. The molecule has 2 saturated heterocycles. The largest absolute Gasteiger partial charge is 0.453 e. The van der Waals surface area contributed by atoms with Crippen molar-refractivity contribution in [1.29, 1.82) is 0 Å². The van der Waals surface area contributed by atoms with E-state index in [-0.39, 0.29) is 17.4 Å². The summed E-state index contributed by atoms with van der Waals surface area (Å²) in [6, 6.07) is 9.05. The zero-order valence-corrected chi connectivity index (χ0v) is 17.0. The summed E-state index contributed by atoms with van der Waals surface area (Å²) in [5, 5.41) is 0. The number of ether oxygens (including phenoxy) is 1. The Morgan fingerprint density at radius 1 is 1.00 bits per heavy atom. The maximum absolute atomic E-state index is 12.1. The summed E-state index contributed by atoms with van der Waals surface area (Å²) < 4.78 is 4.85. The molecule has 1 spiro atoms. The van der Waals surface area contributed by atoms with Crippen LogP contribution in [0, 0.1) is 0 Å². The van der Waals surface area contributed by atoms with Gasteiger partial charge in [0, 0.05) is 43.7 Å². The predicted octanol–water partition coefficient (Wildman–Crippen LogP) is 3.01. The van der Waals surface area contributed by atoms with Crippen LogP contribution >= 0.6 is 0 Å². The molecule has 28 heavy (non-hydrogen) atoms. The molecular weight excluding hydrogens is 354 g/mol. The first-order chi connectivity index (χ1) is 13.5. The van der Waals surface area contributed by atoms with Crippen LogP contribution in [0.4, 0.5) is 10.5 Å². The highest BCUT2D eigenvalue weighted by Crippen LogP contribution is 2.47. The second-order valence-electron chi connectivity index (χ2n) is 8.44. The van der Waals surface area contributed by atoms with Crippen LogP contribution in [0.3, 0.4) is 0 Å². The van der Waals surface area contributed by atoms with Crippen LogP contribution < -0.4 is 4.90 Å². The van der Waals surface area contributed by atoms with E-state index in [4.69, 9.17) is 4.74 Å². The number of likely N-dealkylation sites (tertiary alicyclic amines) is 2. The summed E-state index contributed by atoms with van der Waals surface area (Å²) in [7, 11) is 1.45. The van der Waals surface area contributed by atoms with Gasteiger partial charge >= 0.3 is 6.09 Å². The van der Waals surface area contributed by atoms with Crippen molar-refractivity contribution in [3.05, 3.63) is 29.8 Å². The molecule has 0 atom stereocenters. The van der Waals surface area contributed by atoms with Crippen LogP contribution in [0.5, 0.6) is 0 Å². The van der Waals surface area contributed by atoms with Gasteiger partial charge in [-0.1, -0.05) is 18.2 Å². The van der Waals surface area contributed by atoms with E-state index in [0.29, 0.717) is 6.04 Å². The van der Waals surface area contributed by atoms with Crippen LogP contribution in [0.2, 0.25) is 0 Å². The Labute approximate surface area is 167 Å². The lowest BCUT2D eigenvalue weighted by Crippen LogP contribution is -2.53. The average Bonchev–Trinajstić information content (AvgIpc) is 2.74. The second-order valence-corrected chi connectivity index (χ2v) is 8.44. The number of carbonyl (C=O) groups excluding carboxylic acids is 2. The van der Waals surface area contributed by atoms with Crippen molar-refractivity contribution >= 4 is 17.7 Å². The van der Waals surface area contributed by atoms with Gasteiger partial charge < -0.3 is 19.4 Å². The Bertz CT molecular complexity index is 734. The third-order valence-corrected chi connectivity index (χ3v) is 7.13. The Morgan fingerprint density at radius 3 is 2.29 bits per heavy atom. The van der Waals surface area contributed by atoms with E-state index in [1.165, 1.54) is 12.7 Å². The second kappa shape index (κ2) is 7.74. The lowest BCUT2D eigenvalue weighted by molar-refractivity contribution is -0.116. The van der Waals surface area contributed by atoms with Crippen LogP contribution in [-0.4, -0.2) is 67.7 Å². The zero-order valence-electron chi connectivity index (χ0n) is 17.0. The number of hydrogen-bond donors (Lipinski definition) is 0. The molecular formula is C22H31N3O3. The Morgan fingerprint density at radius 2 is 1.64 bits per heavy atom. The van der Waals surface area contributed by atoms with Gasteiger partial charge in [0.2, 0.25) is 5.91 Å². The molecule has 1 aromatic carbocycles. The first-order valence-electron chi connectivity index (χ1n) is 10.5. The number of fused-ring (bicyclic) bond motifs is 2. The van der Waals surface area contributed by atoms with Crippen LogP contribution in [0.1, 0.15) is 44.6 Å². The SMILES string of the molecule is COC(=O)N1CCC(N2CCC3(CCN(C(C)=O)c4ccccc43)CC2)CC1. The molecule has 2 fully saturated rings. The number of piperidine rings is 2. The molecule has 3 heterocycles. The van der Waals surface area contributed by atoms with E-state index in [9.17, 15) is 9.59 Å². The van der Waals surface area contributed by atoms with Crippen molar-refractivity contribution in [3.63, 3.8) is 0 Å². The first kappa shape index (κ1) is 19.2. The minimum absolute atomic E-state index is 0.136. The van der Waals surface area contributed by atoms with Gasteiger partial charge in [0.1, 0.15) is 0 Å². The zero-order chi connectivity index (χ0) is 19.7. The van der Waals surface area contributed by atoms with Crippen molar-refractivity contribution in [2.75, 3.05) is 44.7 Å². The number of nitrogens with zero attached hydrogens (tertiary/aromatic N) is 3. The summed E-state index contributed by atoms with van der Waals surface area (Å²) in [5.41, 5.74) is 2.67. The van der Waals surface area contributed by atoms with Crippen molar-refractivity contribution in [2.45, 2.75) is 50.5 Å². The third-order valence-electron chi connectivity index (χ3n) is 7.13. The predicted molar refractivity (Wildman–Crippen MR) is 109 cm³/mol. The van der Waals surface area contributed by atoms with Gasteiger partial charge in [-0.05, 0) is 56.8 Å². The van der Waals surface area contributed by atoms with E-state index >= 15 is 0 Å². The molecule has 1 aromatic rings. The lowest BCUT2D eigenvalue weighted by Gasteiger charge is -2.50. The average molecular weight is 386 g/mol. The first-order valence-corrected chi connectivity index (χ1v) is 10.5. The van der Waals surface area contributed by atoms with Crippen molar-refractivity contribution in [1.82, 2.24) is 9.80 Å².